The molecule has 3 rings (SSSR count). The van der Waals surface area contributed by atoms with Crippen molar-refractivity contribution in [2.75, 3.05) is 12.3 Å². The molecule has 1 aliphatic rings. The van der Waals surface area contributed by atoms with E-state index >= 15 is 0 Å². The van der Waals surface area contributed by atoms with Gasteiger partial charge in [0.1, 0.15) is 11.5 Å². The lowest BCUT2D eigenvalue weighted by Crippen LogP contribution is -2.27. The Balaban J connectivity index is 1.82. The van der Waals surface area contributed by atoms with Crippen molar-refractivity contribution in [2.45, 2.75) is 33.6 Å². The number of carbonyl (C=O) groups excluding carboxylic acids is 3. The summed E-state index contributed by atoms with van der Waals surface area (Å²) in [6.45, 7) is 6.09. The van der Waals surface area contributed by atoms with Gasteiger partial charge in [-0.25, -0.2) is 9.78 Å². The van der Waals surface area contributed by atoms with E-state index in [1.165, 1.54) is 0 Å². The number of pyridine rings is 1. The fraction of sp³-hybridized carbons (Fsp3) is 0.333. The van der Waals surface area contributed by atoms with Crippen LogP contribution in [-0.4, -0.2) is 34.3 Å². The van der Waals surface area contributed by atoms with E-state index in [4.69, 9.17) is 4.74 Å². The van der Waals surface area contributed by atoms with Crippen LogP contribution in [0, 0.1) is 19.8 Å². The zero-order chi connectivity index (χ0) is 23.3. The van der Waals surface area contributed by atoms with Crippen molar-refractivity contribution in [2.24, 2.45) is 5.92 Å². The Bertz CT molecular complexity index is 1050. The van der Waals surface area contributed by atoms with E-state index in [9.17, 15) is 14.4 Å². The lowest BCUT2D eigenvalue weighted by atomic mass is 9.94. The predicted molar refractivity (Wildman–Crippen MR) is 129 cm³/mol. The van der Waals surface area contributed by atoms with Gasteiger partial charge >= 0.3 is 5.30 Å². The fourth-order valence-electron chi connectivity index (χ4n) is 3.80. The molecule has 0 bridgehead atoms. The van der Waals surface area contributed by atoms with Gasteiger partial charge in [-0.05, 0) is 76.8 Å². The van der Waals surface area contributed by atoms with Crippen molar-refractivity contribution in [3.63, 3.8) is 0 Å². The first-order chi connectivity index (χ1) is 15.3. The number of Topliss-reactive ketones (excluding diaryl/α,β-unsaturated/α-hetero) is 1. The van der Waals surface area contributed by atoms with Crippen molar-refractivity contribution < 1.29 is 19.1 Å². The number of halogens is 1. The number of hydrogen-bond acceptors (Lipinski definition) is 6. The number of aromatic nitrogens is 1. The summed E-state index contributed by atoms with van der Waals surface area (Å²) >= 11 is 4.36. The van der Waals surface area contributed by atoms with Crippen LogP contribution in [0.3, 0.4) is 0 Å². The van der Waals surface area contributed by atoms with E-state index in [0.717, 1.165) is 32.9 Å². The van der Waals surface area contributed by atoms with Gasteiger partial charge in [0.25, 0.3) is 5.91 Å². The molecule has 6 nitrogen and oxygen atoms in total. The number of ketones is 1. The van der Waals surface area contributed by atoms with Crippen LogP contribution in [0.4, 0.5) is 4.79 Å². The van der Waals surface area contributed by atoms with Gasteiger partial charge in [-0.15, -0.1) is 0 Å². The zero-order valence-electron chi connectivity index (χ0n) is 18.2. The van der Waals surface area contributed by atoms with Gasteiger partial charge in [-0.1, -0.05) is 25.1 Å². The first-order valence-electron chi connectivity index (χ1n) is 10.4. The van der Waals surface area contributed by atoms with Gasteiger partial charge in [-0.2, -0.15) is 0 Å². The topological polar surface area (TPSA) is 85.4 Å². The molecule has 1 N–H and O–H groups in total. The van der Waals surface area contributed by atoms with E-state index in [-0.39, 0.29) is 24.0 Å². The maximum absolute atomic E-state index is 13.0. The summed E-state index contributed by atoms with van der Waals surface area (Å²) in [5, 5.41) is 2.42. The first kappa shape index (κ1) is 24.2. The zero-order valence-corrected chi connectivity index (χ0v) is 20.6. The van der Waals surface area contributed by atoms with Gasteiger partial charge in [-0.3, -0.25) is 9.59 Å². The number of benzene rings is 1. The molecule has 0 saturated heterocycles. The van der Waals surface area contributed by atoms with Crippen molar-refractivity contribution >= 4 is 50.3 Å². The molecular weight excluding hydrogens is 492 g/mol. The molecule has 0 radical (unpaired) electrons. The average molecular weight is 517 g/mol. The molecule has 1 atom stereocenters. The van der Waals surface area contributed by atoms with Gasteiger partial charge < -0.3 is 10.1 Å². The Hall–Kier alpha value is -2.45. The summed E-state index contributed by atoms with van der Waals surface area (Å²) < 4.78 is 6.51. The molecule has 1 aliphatic carbocycles. The molecule has 1 aromatic carbocycles. The van der Waals surface area contributed by atoms with Crippen LogP contribution in [-0.2, 0) is 9.53 Å². The third-order valence-electron chi connectivity index (χ3n) is 5.25. The minimum atomic E-state index is -0.422. The summed E-state index contributed by atoms with van der Waals surface area (Å²) in [4.78, 5) is 41.8. The maximum atomic E-state index is 13.0. The van der Waals surface area contributed by atoms with Crippen LogP contribution in [0.15, 0.2) is 46.8 Å². The number of ether oxygens (including phenoxy) is 1. The molecule has 168 valence electrons. The van der Waals surface area contributed by atoms with Crippen LogP contribution in [0.1, 0.15) is 46.9 Å². The molecule has 32 heavy (non-hydrogen) atoms. The molecule has 1 unspecified atom stereocenters. The Morgan fingerprint density at radius 3 is 2.56 bits per heavy atom. The number of hydrogen-bond donors (Lipinski definition) is 1. The van der Waals surface area contributed by atoms with Crippen LogP contribution >= 0.6 is 27.7 Å². The van der Waals surface area contributed by atoms with Crippen LogP contribution in [0.2, 0.25) is 0 Å². The highest BCUT2D eigenvalue weighted by atomic mass is 79.9. The second-order valence-corrected chi connectivity index (χ2v) is 9.64. The highest BCUT2D eigenvalue weighted by molar-refractivity contribution is 9.10. The number of aryl methyl sites for hydroxylation is 2. The number of nitrogens with one attached hydrogen (secondary N) is 1. The molecule has 1 heterocycles. The van der Waals surface area contributed by atoms with Gasteiger partial charge in [0.05, 0.1) is 5.57 Å². The SMILES string of the molecule is CCSC(=O)OC1=C(c2c(C)cccc2C)C(=O)CC1CCNC(=O)c1ccc(Br)cn1. The highest BCUT2D eigenvalue weighted by Crippen LogP contribution is 2.40. The summed E-state index contributed by atoms with van der Waals surface area (Å²) in [5.74, 6) is 0.378. The molecule has 0 aliphatic heterocycles. The smallest absolute Gasteiger partial charge is 0.372 e. The Morgan fingerprint density at radius 2 is 1.94 bits per heavy atom. The summed E-state index contributed by atoms with van der Waals surface area (Å²) in [7, 11) is 0. The van der Waals surface area contributed by atoms with E-state index in [2.05, 4.69) is 26.2 Å². The lowest BCUT2D eigenvalue weighted by Gasteiger charge is -2.16. The third kappa shape index (κ3) is 5.66. The quantitative estimate of drug-likeness (QED) is 0.491. The van der Waals surface area contributed by atoms with E-state index in [0.29, 0.717) is 35.7 Å². The van der Waals surface area contributed by atoms with Crippen molar-refractivity contribution in [1.82, 2.24) is 10.3 Å². The minimum absolute atomic E-state index is 0.0439. The van der Waals surface area contributed by atoms with Crippen LogP contribution in [0.25, 0.3) is 5.57 Å². The third-order valence-corrected chi connectivity index (χ3v) is 6.33. The summed E-state index contributed by atoms with van der Waals surface area (Å²) in [6, 6.07) is 9.21. The number of nitrogens with zero attached hydrogens (tertiary/aromatic N) is 1. The highest BCUT2D eigenvalue weighted by Gasteiger charge is 2.37. The summed E-state index contributed by atoms with van der Waals surface area (Å²) in [5.41, 5.74) is 3.54. The van der Waals surface area contributed by atoms with Crippen molar-refractivity contribution in [3.05, 3.63) is 69.1 Å². The maximum Gasteiger partial charge on any atom is 0.372 e. The predicted octanol–water partition coefficient (Wildman–Crippen LogP) is 5.47. The van der Waals surface area contributed by atoms with Gasteiger partial charge in [0.2, 0.25) is 0 Å². The Labute approximate surface area is 200 Å². The molecule has 1 amide bonds. The monoisotopic (exact) mass is 516 g/mol. The average Bonchev–Trinajstić information content (AvgIpc) is 3.03. The molecule has 0 fully saturated rings. The largest absolute Gasteiger partial charge is 0.422 e. The van der Waals surface area contributed by atoms with Crippen molar-refractivity contribution in [1.29, 1.82) is 0 Å². The first-order valence-corrected chi connectivity index (χ1v) is 12.2. The molecule has 1 aromatic heterocycles. The molecule has 0 saturated carbocycles. The lowest BCUT2D eigenvalue weighted by molar-refractivity contribution is -0.113. The fourth-order valence-corrected chi connectivity index (χ4v) is 4.42. The number of rotatable bonds is 7. The number of carbonyl (C=O) groups is 3. The number of amides is 1. The van der Waals surface area contributed by atoms with E-state index in [1.54, 1.807) is 18.3 Å². The summed E-state index contributed by atoms with van der Waals surface area (Å²) in [6.07, 6.45) is 2.28. The minimum Gasteiger partial charge on any atom is -0.422 e. The van der Waals surface area contributed by atoms with E-state index in [1.807, 2.05) is 39.0 Å². The van der Waals surface area contributed by atoms with Gasteiger partial charge in [0.15, 0.2) is 5.78 Å². The Kier molecular flexibility index (Phi) is 8.26. The van der Waals surface area contributed by atoms with Crippen LogP contribution < -0.4 is 5.32 Å². The molecule has 8 heteroatoms. The van der Waals surface area contributed by atoms with Crippen LogP contribution in [0.5, 0.6) is 0 Å². The molecular formula is C24H25BrN2O4S. The normalized spacial score (nSPS) is 15.8. The number of thioether (sulfide) groups is 1. The standard InChI is InChI=1S/C24H25BrN2O4S/c1-4-32-24(30)31-22-16(10-11-26-23(29)18-9-8-17(25)13-27-18)12-19(28)21(22)20-14(2)6-5-7-15(20)3/h5-9,13,16H,4,10-12H2,1-3H3,(H,26,29). The molecule has 2 aromatic rings. The Morgan fingerprint density at radius 1 is 1.22 bits per heavy atom. The van der Waals surface area contributed by atoms with Gasteiger partial charge in [0, 0.05) is 35.3 Å². The van der Waals surface area contributed by atoms with Crippen molar-refractivity contribution in [3.8, 4) is 0 Å². The second kappa shape index (κ2) is 10.9. The molecule has 0 spiro atoms. The van der Waals surface area contributed by atoms with E-state index < -0.39 is 5.30 Å². The number of allylic oxidation sites excluding steroid dienone is 2. The second-order valence-electron chi connectivity index (χ2n) is 7.52.